The van der Waals surface area contributed by atoms with Crippen LogP contribution in [0.4, 0.5) is 5.69 Å². The van der Waals surface area contributed by atoms with Crippen LogP contribution in [0.2, 0.25) is 0 Å². The number of nitrogens with one attached hydrogen (secondary N) is 1. The zero-order chi connectivity index (χ0) is 15.2. The van der Waals surface area contributed by atoms with Crippen molar-refractivity contribution in [2.75, 3.05) is 25.0 Å². The number of hydrogen-bond donors (Lipinski definition) is 2. The highest BCUT2D eigenvalue weighted by molar-refractivity contribution is 5.46. The van der Waals surface area contributed by atoms with Gasteiger partial charge in [0.15, 0.2) is 0 Å². The fourth-order valence-corrected chi connectivity index (χ4v) is 2.77. The molecule has 1 saturated heterocycles. The molecule has 0 saturated carbocycles. The zero-order valence-corrected chi connectivity index (χ0v) is 13.7. The molecular weight excluding hydrogens is 260 g/mol. The summed E-state index contributed by atoms with van der Waals surface area (Å²) in [6.07, 6.45) is 2.25. The molecule has 0 bridgehead atoms. The predicted octanol–water partition coefficient (Wildman–Crippen LogP) is 3.35. The Hall–Kier alpha value is -1.06. The van der Waals surface area contributed by atoms with Gasteiger partial charge in [-0.15, -0.1) is 0 Å². The van der Waals surface area contributed by atoms with Gasteiger partial charge in [0.2, 0.25) is 0 Å². The van der Waals surface area contributed by atoms with E-state index in [0.717, 1.165) is 32.5 Å². The molecule has 0 radical (unpaired) electrons. The van der Waals surface area contributed by atoms with Gasteiger partial charge < -0.3 is 10.4 Å². The molecule has 1 unspecified atom stereocenters. The first-order chi connectivity index (χ1) is 10.1. The van der Waals surface area contributed by atoms with Crippen LogP contribution in [-0.4, -0.2) is 35.7 Å². The molecule has 0 spiro atoms. The third-order valence-electron chi connectivity index (χ3n) is 4.69. The Morgan fingerprint density at radius 3 is 2.57 bits per heavy atom. The fourth-order valence-electron chi connectivity index (χ4n) is 2.77. The smallest absolute Gasteiger partial charge is 0.0460 e. The van der Waals surface area contributed by atoms with Gasteiger partial charge in [0.25, 0.3) is 0 Å². The number of likely N-dealkylation sites (tertiary alicyclic amines) is 1. The second-order valence-corrected chi connectivity index (χ2v) is 6.78. The number of aliphatic hydroxyl groups excluding tert-OH is 1. The molecule has 3 nitrogen and oxygen atoms in total. The van der Waals surface area contributed by atoms with Crippen molar-refractivity contribution in [3.63, 3.8) is 0 Å². The molecule has 1 aliphatic rings. The molecule has 118 valence electrons. The van der Waals surface area contributed by atoms with E-state index < -0.39 is 0 Å². The zero-order valence-electron chi connectivity index (χ0n) is 13.7. The summed E-state index contributed by atoms with van der Waals surface area (Å²) in [7, 11) is 0. The summed E-state index contributed by atoms with van der Waals surface area (Å²) in [4.78, 5) is 2.50. The van der Waals surface area contributed by atoms with Gasteiger partial charge in [0.1, 0.15) is 0 Å². The summed E-state index contributed by atoms with van der Waals surface area (Å²) in [6.45, 7) is 10.3. The number of aliphatic hydroxyl groups is 1. The summed E-state index contributed by atoms with van der Waals surface area (Å²) < 4.78 is 0. The summed E-state index contributed by atoms with van der Waals surface area (Å²) in [5.74, 6) is 1.15. The molecule has 2 rings (SSSR count). The number of rotatable bonds is 6. The van der Waals surface area contributed by atoms with Crippen LogP contribution in [0.5, 0.6) is 0 Å². The quantitative estimate of drug-likeness (QED) is 0.843. The minimum atomic E-state index is 0.348. The molecule has 0 aliphatic carbocycles. The standard InChI is InChI=1S/C18H30N2O/c1-14(2)15(3)19-18-6-4-5-17(11-18)12-20-9-7-16(13-21)8-10-20/h4-6,11,14-16,19,21H,7-10,12-13H2,1-3H3. The number of piperidine rings is 1. The van der Waals surface area contributed by atoms with Crippen LogP contribution < -0.4 is 5.32 Å². The van der Waals surface area contributed by atoms with Crippen LogP contribution >= 0.6 is 0 Å². The monoisotopic (exact) mass is 290 g/mol. The van der Waals surface area contributed by atoms with Gasteiger partial charge in [-0.2, -0.15) is 0 Å². The van der Waals surface area contributed by atoms with Crippen molar-refractivity contribution >= 4 is 5.69 Å². The van der Waals surface area contributed by atoms with Gasteiger partial charge in [-0.05, 0) is 62.4 Å². The van der Waals surface area contributed by atoms with E-state index in [4.69, 9.17) is 0 Å². The lowest BCUT2D eigenvalue weighted by atomic mass is 9.97. The maximum atomic E-state index is 9.21. The van der Waals surface area contributed by atoms with Gasteiger partial charge in [0.05, 0.1) is 0 Å². The minimum Gasteiger partial charge on any atom is -0.396 e. The van der Waals surface area contributed by atoms with Crippen molar-refractivity contribution in [2.45, 2.75) is 46.2 Å². The van der Waals surface area contributed by atoms with Crippen molar-refractivity contribution in [1.82, 2.24) is 4.90 Å². The van der Waals surface area contributed by atoms with Crippen molar-refractivity contribution in [3.8, 4) is 0 Å². The first-order valence-electron chi connectivity index (χ1n) is 8.27. The van der Waals surface area contributed by atoms with Crippen LogP contribution in [0.1, 0.15) is 39.2 Å². The normalized spacial score (nSPS) is 18.9. The molecular formula is C18H30N2O. The third kappa shape index (κ3) is 5.01. The van der Waals surface area contributed by atoms with Crippen molar-refractivity contribution in [1.29, 1.82) is 0 Å². The Bertz CT molecular complexity index is 425. The number of anilines is 1. The SMILES string of the molecule is CC(C)C(C)Nc1cccc(CN2CCC(CO)CC2)c1. The fraction of sp³-hybridized carbons (Fsp3) is 0.667. The van der Waals surface area contributed by atoms with E-state index in [0.29, 0.717) is 24.5 Å². The largest absolute Gasteiger partial charge is 0.396 e. The first-order valence-corrected chi connectivity index (χ1v) is 8.27. The minimum absolute atomic E-state index is 0.348. The van der Waals surface area contributed by atoms with Gasteiger partial charge >= 0.3 is 0 Å². The van der Waals surface area contributed by atoms with Crippen LogP contribution in [-0.2, 0) is 6.54 Å². The highest BCUT2D eigenvalue weighted by Gasteiger charge is 2.18. The second-order valence-electron chi connectivity index (χ2n) is 6.78. The number of benzene rings is 1. The molecule has 1 aromatic rings. The van der Waals surface area contributed by atoms with E-state index in [9.17, 15) is 5.11 Å². The topological polar surface area (TPSA) is 35.5 Å². The van der Waals surface area contributed by atoms with Gasteiger partial charge in [0, 0.05) is 24.9 Å². The molecule has 3 heteroatoms. The van der Waals surface area contributed by atoms with E-state index in [1.165, 1.54) is 11.3 Å². The molecule has 0 aromatic heterocycles. The molecule has 21 heavy (non-hydrogen) atoms. The van der Waals surface area contributed by atoms with Crippen LogP contribution in [0, 0.1) is 11.8 Å². The Morgan fingerprint density at radius 2 is 1.95 bits per heavy atom. The van der Waals surface area contributed by atoms with Crippen LogP contribution in [0.3, 0.4) is 0 Å². The van der Waals surface area contributed by atoms with E-state index >= 15 is 0 Å². The average Bonchev–Trinajstić information content (AvgIpc) is 2.48. The highest BCUT2D eigenvalue weighted by atomic mass is 16.3. The van der Waals surface area contributed by atoms with E-state index in [2.05, 4.69) is 55.3 Å². The molecule has 1 aliphatic heterocycles. The second kappa shape index (κ2) is 7.81. The van der Waals surface area contributed by atoms with E-state index in [1.54, 1.807) is 0 Å². The number of nitrogens with zero attached hydrogens (tertiary/aromatic N) is 1. The van der Waals surface area contributed by atoms with Gasteiger partial charge in [-0.1, -0.05) is 26.0 Å². The van der Waals surface area contributed by atoms with Crippen LogP contribution in [0.25, 0.3) is 0 Å². The number of hydrogen-bond acceptors (Lipinski definition) is 3. The van der Waals surface area contributed by atoms with Crippen molar-refractivity contribution in [3.05, 3.63) is 29.8 Å². The Kier molecular flexibility index (Phi) is 6.07. The van der Waals surface area contributed by atoms with E-state index in [-0.39, 0.29) is 0 Å². The lowest BCUT2D eigenvalue weighted by Crippen LogP contribution is -2.34. The predicted molar refractivity (Wildman–Crippen MR) is 89.5 cm³/mol. The summed E-state index contributed by atoms with van der Waals surface area (Å²) >= 11 is 0. The molecule has 0 amide bonds. The Labute approximate surface area is 129 Å². The summed E-state index contributed by atoms with van der Waals surface area (Å²) in [5, 5.41) is 12.8. The third-order valence-corrected chi connectivity index (χ3v) is 4.69. The average molecular weight is 290 g/mol. The van der Waals surface area contributed by atoms with Crippen molar-refractivity contribution < 1.29 is 5.11 Å². The Balaban J connectivity index is 1.89. The molecule has 1 atom stereocenters. The first kappa shape index (κ1) is 16.3. The maximum Gasteiger partial charge on any atom is 0.0460 e. The van der Waals surface area contributed by atoms with E-state index in [1.807, 2.05) is 0 Å². The lowest BCUT2D eigenvalue weighted by Gasteiger charge is -2.31. The van der Waals surface area contributed by atoms with Crippen molar-refractivity contribution in [2.24, 2.45) is 11.8 Å². The lowest BCUT2D eigenvalue weighted by molar-refractivity contribution is 0.127. The summed E-state index contributed by atoms with van der Waals surface area (Å²) in [6, 6.07) is 9.27. The van der Waals surface area contributed by atoms with Gasteiger partial charge in [-0.3, -0.25) is 4.90 Å². The maximum absolute atomic E-state index is 9.21. The molecule has 1 fully saturated rings. The van der Waals surface area contributed by atoms with Gasteiger partial charge in [-0.25, -0.2) is 0 Å². The highest BCUT2D eigenvalue weighted by Crippen LogP contribution is 2.20. The van der Waals surface area contributed by atoms with Crippen LogP contribution in [0.15, 0.2) is 24.3 Å². The molecule has 1 aromatic carbocycles. The molecule has 1 heterocycles. The Morgan fingerprint density at radius 1 is 1.24 bits per heavy atom. The summed E-state index contributed by atoms with van der Waals surface area (Å²) in [5.41, 5.74) is 2.59. The molecule has 2 N–H and O–H groups in total.